The summed E-state index contributed by atoms with van der Waals surface area (Å²) in [4.78, 5) is 29.7. The highest BCUT2D eigenvalue weighted by Gasteiger charge is 2.23. The van der Waals surface area contributed by atoms with Gasteiger partial charge in [0.15, 0.2) is 5.52 Å². The van der Waals surface area contributed by atoms with Crippen LogP contribution in [-0.4, -0.2) is 55.8 Å². The van der Waals surface area contributed by atoms with Crippen LogP contribution >= 0.6 is 11.6 Å². The molecule has 1 saturated heterocycles. The number of benzene rings is 1. The molecule has 0 unspecified atom stereocenters. The molecular formula is C22H22ClN7O3. The van der Waals surface area contributed by atoms with Crippen molar-refractivity contribution in [3.8, 4) is 5.69 Å². The molecular weight excluding hydrogens is 446 g/mol. The number of rotatable bonds is 4. The minimum atomic E-state index is -0.356. The van der Waals surface area contributed by atoms with E-state index in [2.05, 4.69) is 20.3 Å². The van der Waals surface area contributed by atoms with Gasteiger partial charge in [0.2, 0.25) is 0 Å². The molecule has 11 heteroatoms. The third-order valence-corrected chi connectivity index (χ3v) is 6.24. The summed E-state index contributed by atoms with van der Waals surface area (Å²) < 4.78 is 7.89. The maximum absolute atomic E-state index is 12.8. The predicted octanol–water partition coefficient (Wildman–Crippen LogP) is 1.98. The van der Waals surface area contributed by atoms with Crippen LogP contribution in [0.2, 0.25) is 5.02 Å². The van der Waals surface area contributed by atoms with Crippen LogP contribution in [0.4, 0.5) is 5.69 Å². The molecule has 33 heavy (non-hydrogen) atoms. The summed E-state index contributed by atoms with van der Waals surface area (Å²) in [7, 11) is 0. The van der Waals surface area contributed by atoms with Crippen LogP contribution in [0.3, 0.4) is 0 Å². The monoisotopic (exact) mass is 467 g/mol. The first-order chi connectivity index (χ1) is 15.9. The summed E-state index contributed by atoms with van der Waals surface area (Å²) in [5.41, 5.74) is 1.65. The highest BCUT2D eigenvalue weighted by Crippen LogP contribution is 2.23. The van der Waals surface area contributed by atoms with Gasteiger partial charge < -0.3 is 9.42 Å². The smallest absolute Gasteiger partial charge is 0.298 e. The summed E-state index contributed by atoms with van der Waals surface area (Å²) in [6.07, 6.45) is 1.63. The summed E-state index contributed by atoms with van der Waals surface area (Å²) in [5.74, 6) is 0.590. The second-order valence-corrected chi connectivity index (χ2v) is 8.37. The lowest BCUT2D eigenvalue weighted by molar-refractivity contribution is 0.191. The first-order valence-electron chi connectivity index (χ1n) is 10.6. The molecule has 0 aliphatic carbocycles. The summed E-state index contributed by atoms with van der Waals surface area (Å²) in [5, 5.41) is 13.5. The SMILES string of the molecule is Cc1nn(CN2CCN(c3cnn(-c4ccccc4)c(=O)c3Cl)CC2)c(=O)c2noc(C)c12. The molecule has 0 radical (unpaired) electrons. The summed E-state index contributed by atoms with van der Waals surface area (Å²) in [6.45, 7) is 6.56. The molecule has 1 fully saturated rings. The second-order valence-electron chi connectivity index (χ2n) is 8.00. The van der Waals surface area contributed by atoms with E-state index in [1.807, 2.05) is 30.0 Å². The van der Waals surface area contributed by atoms with Gasteiger partial charge in [-0.15, -0.1) is 0 Å². The Labute approximate surface area is 193 Å². The van der Waals surface area contributed by atoms with Gasteiger partial charge in [0.25, 0.3) is 11.1 Å². The number of aryl methyl sites for hydroxylation is 2. The van der Waals surface area contributed by atoms with E-state index in [-0.39, 0.29) is 16.1 Å². The van der Waals surface area contributed by atoms with Crippen LogP contribution in [0.15, 0.2) is 50.6 Å². The maximum atomic E-state index is 12.8. The van der Waals surface area contributed by atoms with E-state index in [1.54, 1.807) is 25.3 Å². The average molecular weight is 468 g/mol. The van der Waals surface area contributed by atoms with Crippen LogP contribution in [-0.2, 0) is 6.67 Å². The lowest BCUT2D eigenvalue weighted by atomic mass is 10.2. The Balaban J connectivity index is 1.32. The van der Waals surface area contributed by atoms with Crippen LogP contribution < -0.4 is 16.0 Å². The van der Waals surface area contributed by atoms with Gasteiger partial charge in [0.1, 0.15) is 10.8 Å². The number of fused-ring (bicyclic) bond motifs is 1. The lowest BCUT2D eigenvalue weighted by Crippen LogP contribution is -2.48. The number of piperazine rings is 1. The molecule has 3 aromatic heterocycles. The number of hydrogen-bond acceptors (Lipinski definition) is 8. The topological polar surface area (TPSA) is 102 Å². The molecule has 1 aromatic carbocycles. The molecule has 0 amide bonds. The molecule has 170 valence electrons. The van der Waals surface area contributed by atoms with E-state index >= 15 is 0 Å². The Kier molecular flexibility index (Phi) is 5.47. The Bertz CT molecular complexity index is 1440. The third kappa shape index (κ3) is 3.81. The van der Waals surface area contributed by atoms with E-state index in [4.69, 9.17) is 16.1 Å². The van der Waals surface area contributed by atoms with Gasteiger partial charge in [-0.05, 0) is 26.0 Å². The fourth-order valence-electron chi connectivity index (χ4n) is 4.16. The number of hydrogen-bond donors (Lipinski definition) is 0. The van der Waals surface area contributed by atoms with Gasteiger partial charge in [0.05, 0.1) is 35.3 Å². The third-order valence-electron chi connectivity index (χ3n) is 5.88. The zero-order chi connectivity index (χ0) is 23.1. The van der Waals surface area contributed by atoms with Crippen molar-refractivity contribution in [2.45, 2.75) is 20.5 Å². The van der Waals surface area contributed by atoms with E-state index in [1.165, 1.54) is 9.36 Å². The van der Waals surface area contributed by atoms with E-state index < -0.39 is 0 Å². The van der Waals surface area contributed by atoms with Crippen molar-refractivity contribution in [1.29, 1.82) is 0 Å². The van der Waals surface area contributed by atoms with E-state index in [9.17, 15) is 9.59 Å². The minimum Gasteiger partial charge on any atom is -0.366 e. The van der Waals surface area contributed by atoms with Crippen molar-refractivity contribution in [3.63, 3.8) is 0 Å². The molecule has 1 aliphatic heterocycles. The molecule has 1 aliphatic rings. The number of halogens is 1. The van der Waals surface area contributed by atoms with Gasteiger partial charge >= 0.3 is 0 Å². The van der Waals surface area contributed by atoms with Crippen LogP contribution in [0.1, 0.15) is 11.5 Å². The van der Waals surface area contributed by atoms with Gasteiger partial charge in [-0.3, -0.25) is 14.5 Å². The van der Waals surface area contributed by atoms with E-state index in [0.717, 1.165) is 0 Å². The van der Waals surface area contributed by atoms with Gasteiger partial charge in [-0.1, -0.05) is 35.0 Å². The standard InChI is InChI=1S/C22H22ClN7O3/c1-14-18-15(2)33-26-20(18)22(32)29(25-14)13-27-8-10-28(11-9-27)17-12-24-30(21(31)19(17)23)16-6-4-3-5-7-16/h3-7,12H,8-11,13H2,1-2H3. The highest BCUT2D eigenvalue weighted by molar-refractivity contribution is 6.33. The minimum absolute atomic E-state index is 0.141. The number of aromatic nitrogens is 5. The Hall–Kier alpha value is -3.50. The normalized spacial score (nSPS) is 14.8. The van der Waals surface area contributed by atoms with Crippen molar-refractivity contribution < 1.29 is 4.52 Å². The van der Waals surface area contributed by atoms with E-state index in [0.29, 0.717) is 66.6 Å². The quantitative estimate of drug-likeness (QED) is 0.449. The number of para-hydroxylation sites is 1. The van der Waals surface area contributed by atoms with Gasteiger partial charge in [0, 0.05) is 26.2 Å². The Morgan fingerprint density at radius 2 is 1.76 bits per heavy atom. The molecule has 5 rings (SSSR count). The van der Waals surface area contributed by atoms with Crippen LogP contribution in [0, 0.1) is 13.8 Å². The Morgan fingerprint density at radius 3 is 2.48 bits per heavy atom. The molecule has 10 nitrogen and oxygen atoms in total. The molecule has 0 bridgehead atoms. The lowest BCUT2D eigenvalue weighted by Gasteiger charge is -2.36. The summed E-state index contributed by atoms with van der Waals surface area (Å²) in [6, 6.07) is 9.16. The zero-order valence-corrected chi connectivity index (χ0v) is 19.0. The van der Waals surface area contributed by atoms with Crippen molar-refractivity contribution in [2.75, 3.05) is 31.1 Å². The van der Waals surface area contributed by atoms with Crippen molar-refractivity contribution in [2.24, 2.45) is 0 Å². The predicted molar refractivity (Wildman–Crippen MR) is 124 cm³/mol. The maximum Gasteiger partial charge on any atom is 0.298 e. The molecule has 0 saturated carbocycles. The highest BCUT2D eigenvalue weighted by atomic mass is 35.5. The van der Waals surface area contributed by atoms with Crippen LogP contribution in [0.5, 0.6) is 0 Å². The zero-order valence-electron chi connectivity index (χ0n) is 18.2. The fourth-order valence-corrected chi connectivity index (χ4v) is 4.40. The van der Waals surface area contributed by atoms with Crippen molar-refractivity contribution >= 4 is 28.2 Å². The fraction of sp³-hybridized carbons (Fsp3) is 0.318. The molecule has 4 aromatic rings. The largest absolute Gasteiger partial charge is 0.366 e. The first kappa shape index (κ1) is 21.4. The molecule has 4 heterocycles. The Morgan fingerprint density at radius 1 is 1.03 bits per heavy atom. The van der Waals surface area contributed by atoms with Gasteiger partial charge in [-0.2, -0.15) is 14.9 Å². The van der Waals surface area contributed by atoms with Gasteiger partial charge in [-0.25, -0.2) is 4.68 Å². The first-order valence-corrected chi connectivity index (χ1v) is 11.0. The molecule has 0 spiro atoms. The molecule has 0 atom stereocenters. The summed E-state index contributed by atoms with van der Waals surface area (Å²) >= 11 is 6.44. The molecule has 0 N–H and O–H groups in total. The van der Waals surface area contributed by atoms with Crippen LogP contribution in [0.25, 0.3) is 16.6 Å². The average Bonchev–Trinajstić information content (AvgIpc) is 3.22. The number of nitrogens with zero attached hydrogens (tertiary/aromatic N) is 7. The van der Waals surface area contributed by atoms with Crippen molar-refractivity contribution in [1.82, 2.24) is 29.6 Å². The van der Waals surface area contributed by atoms with Crippen molar-refractivity contribution in [3.05, 3.63) is 73.7 Å². The number of anilines is 1. The second kappa shape index (κ2) is 8.45.